The molecule has 0 radical (unpaired) electrons. The molecule has 0 aliphatic rings. The summed E-state index contributed by atoms with van der Waals surface area (Å²) in [5.41, 5.74) is 5.19. The molecule has 0 unspecified atom stereocenters. The second-order valence-electron chi connectivity index (χ2n) is 5.33. The minimum absolute atomic E-state index is 0.371. The first-order chi connectivity index (χ1) is 8.85. The quantitative estimate of drug-likeness (QED) is 0.373. The van der Waals surface area contributed by atoms with Gasteiger partial charge in [-0.2, -0.15) is 0 Å². The first-order valence-corrected chi connectivity index (χ1v) is 6.86. The van der Waals surface area contributed by atoms with E-state index in [2.05, 4.69) is 22.5 Å². The Morgan fingerprint density at radius 2 is 1.79 bits per heavy atom. The van der Waals surface area contributed by atoms with Crippen molar-refractivity contribution >= 4 is 12.1 Å². The second-order valence-corrected chi connectivity index (χ2v) is 5.33. The van der Waals surface area contributed by atoms with E-state index in [1.54, 1.807) is 0 Å². The van der Waals surface area contributed by atoms with Crippen LogP contribution in [0.15, 0.2) is 4.99 Å². The molecule has 0 aliphatic heterocycles. The maximum absolute atomic E-state index is 11.3. The molecule has 0 aromatic rings. The van der Waals surface area contributed by atoms with Crippen molar-refractivity contribution in [3.05, 3.63) is 0 Å². The summed E-state index contributed by atoms with van der Waals surface area (Å²) in [6.07, 6.45) is 2.40. The maximum Gasteiger partial charge on any atom is 0.407 e. The van der Waals surface area contributed by atoms with E-state index in [1.165, 1.54) is 0 Å². The number of carbonyl (C=O) groups excluding carboxylic acids is 1. The van der Waals surface area contributed by atoms with Gasteiger partial charge >= 0.3 is 6.09 Å². The lowest BCUT2D eigenvalue weighted by Gasteiger charge is -2.19. The van der Waals surface area contributed by atoms with Gasteiger partial charge in [-0.05, 0) is 40.0 Å². The minimum Gasteiger partial charge on any atom is -0.444 e. The molecule has 0 saturated heterocycles. The average molecular weight is 272 g/mol. The number of nitrogens with two attached hydrogens (primary N) is 1. The van der Waals surface area contributed by atoms with Crippen LogP contribution in [0.3, 0.4) is 0 Å². The molecule has 0 atom stereocenters. The van der Waals surface area contributed by atoms with Crippen molar-refractivity contribution in [1.29, 1.82) is 0 Å². The van der Waals surface area contributed by atoms with Gasteiger partial charge in [0.05, 0.1) is 0 Å². The predicted octanol–water partition coefficient (Wildman–Crippen LogP) is 1.61. The zero-order chi connectivity index (χ0) is 14.7. The van der Waals surface area contributed by atoms with Gasteiger partial charge in [0, 0.05) is 19.6 Å². The molecular formula is C13H28N4O2. The highest BCUT2D eigenvalue weighted by atomic mass is 16.6. The summed E-state index contributed by atoms with van der Waals surface area (Å²) < 4.78 is 5.12. The van der Waals surface area contributed by atoms with Gasteiger partial charge in [-0.25, -0.2) is 4.79 Å². The van der Waals surface area contributed by atoms with Crippen LogP contribution in [0.5, 0.6) is 0 Å². The van der Waals surface area contributed by atoms with E-state index in [9.17, 15) is 4.79 Å². The number of carbonyl (C=O) groups is 1. The number of amides is 1. The molecule has 6 nitrogen and oxygen atoms in total. The maximum atomic E-state index is 11.3. The Balaban J connectivity index is 3.48. The van der Waals surface area contributed by atoms with Crippen LogP contribution in [-0.4, -0.2) is 37.3 Å². The lowest BCUT2D eigenvalue weighted by atomic mass is 10.2. The smallest absolute Gasteiger partial charge is 0.407 e. The minimum atomic E-state index is -0.449. The van der Waals surface area contributed by atoms with Crippen LogP contribution in [0.2, 0.25) is 0 Å². The van der Waals surface area contributed by atoms with Gasteiger partial charge in [-0.1, -0.05) is 6.92 Å². The highest BCUT2D eigenvalue weighted by molar-refractivity contribution is 5.77. The molecule has 112 valence electrons. The number of alkyl carbamates (subject to hydrolysis) is 1. The summed E-state index contributed by atoms with van der Waals surface area (Å²) in [5.74, 6) is 0.488. The van der Waals surface area contributed by atoms with Crippen LogP contribution in [0.1, 0.15) is 47.0 Å². The summed E-state index contributed by atoms with van der Waals surface area (Å²) in [5, 5.41) is 5.74. The van der Waals surface area contributed by atoms with Crippen LogP contribution in [-0.2, 0) is 4.74 Å². The molecule has 0 aromatic carbocycles. The summed E-state index contributed by atoms with van der Waals surface area (Å²) in [6, 6.07) is 0. The fourth-order valence-corrected chi connectivity index (χ4v) is 1.26. The van der Waals surface area contributed by atoms with E-state index in [0.29, 0.717) is 12.5 Å². The number of aliphatic imine (C=N–C) groups is 1. The molecule has 0 aliphatic carbocycles. The van der Waals surface area contributed by atoms with Gasteiger partial charge in [0.2, 0.25) is 0 Å². The van der Waals surface area contributed by atoms with E-state index >= 15 is 0 Å². The number of nitrogens with one attached hydrogen (secondary N) is 2. The average Bonchev–Trinajstić information content (AvgIpc) is 2.28. The fraction of sp³-hybridized carbons (Fsp3) is 0.846. The number of rotatable bonds is 7. The zero-order valence-corrected chi connectivity index (χ0v) is 12.6. The van der Waals surface area contributed by atoms with Crippen molar-refractivity contribution in [2.24, 2.45) is 10.7 Å². The topological polar surface area (TPSA) is 88.7 Å². The van der Waals surface area contributed by atoms with Gasteiger partial charge in [0.15, 0.2) is 5.96 Å². The van der Waals surface area contributed by atoms with Crippen molar-refractivity contribution in [3.8, 4) is 0 Å². The molecule has 0 fully saturated rings. The first kappa shape index (κ1) is 17.5. The van der Waals surface area contributed by atoms with Crippen LogP contribution in [0.25, 0.3) is 0 Å². The molecule has 0 saturated carbocycles. The molecule has 0 rings (SSSR count). The monoisotopic (exact) mass is 272 g/mol. The van der Waals surface area contributed by atoms with Crippen molar-refractivity contribution in [3.63, 3.8) is 0 Å². The third-order valence-corrected chi connectivity index (χ3v) is 2.08. The van der Waals surface area contributed by atoms with E-state index in [4.69, 9.17) is 10.5 Å². The Labute approximate surface area is 116 Å². The lowest BCUT2D eigenvalue weighted by Crippen LogP contribution is -2.34. The molecule has 0 heterocycles. The predicted molar refractivity (Wildman–Crippen MR) is 78.3 cm³/mol. The third-order valence-electron chi connectivity index (χ3n) is 2.08. The van der Waals surface area contributed by atoms with Crippen LogP contribution in [0, 0.1) is 0 Å². The summed E-state index contributed by atoms with van der Waals surface area (Å²) in [6.45, 7) is 9.69. The number of unbranched alkanes of at least 4 members (excludes halogenated alkanes) is 1. The standard InChI is InChI=1S/C13H28N4O2/c1-5-8-15-11(14)16-9-6-7-10-17-12(18)19-13(2,3)4/h5-10H2,1-4H3,(H,17,18)(H3,14,15,16). The zero-order valence-electron chi connectivity index (χ0n) is 12.6. The largest absolute Gasteiger partial charge is 0.444 e. The van der Waals surface area contributed by atoms with E-state index in [1.807, 2.05) is 20.8 Å². The van der Waals surface area contributed by atoms with Crippen LogP contribution in [0.4, 0.5) is 4.79 Å². The molecule has 0 aromatic heterocycles. The highest BCUT2D eigenvalue weighted by Gasteiger charge is 2.15. The first-order valence-electron chi connectivity index (χ1n) is 6.86. The highest BCUT2D eigenvalue weighted by Crippen LogP contribution is 2.06. The SMILES string of the molecule is CCCN=C(N)NCCCCNC(=O)OC(C)(C)C. The van der Waals surface area contributed by atoms with E-state index in [0.717, 1.165) is 32.4 Å². The van der Waals surface area contributed by atoms with Gasteiger partial charge in [0.25, 0.3) is 0 Å². The van der Waals surface area contributed by atoms with Gasteiger partial charge in [0.1, 0.15) is 5.60 Å². The number of hydrogen-bond acceptors (Lipinski definition) is 3. The Morgan fingerprint density at radius 1 is 1.21 bits per heavy atom. The van der Waals surface area contributed by atoms with Crippen LogP contribution >= 0.6 is 0 Å². The Bertz CT molecular complexity index is 285. The Hall–Kier alpha value is -1.46. The number of nitrogens with zero attached hydrogens (tertiary/aromatic N) is 1. The van der Waals surface area contributed by atoms with Gasteiger partial charge < -0.3 is 21.1 Å². The third kappa shape index (κ3) is 12.8. The lowest BCUT2D eigenvalue weighted by molar-refractivity contribution is 0.0527. The van der Waals surface area contributed by atoms with Gasteiger partial charge in [-0.3, -0.25) is 4.99 Å². The fourth-order valence-electron chi connectivity index (χ4n) is 1.26. The van der Waals surface area contributed by atoms with E-state index < -0.39 is 5.60 Å². The molecule has 6 heteroatoms. The Morgan fingerprint density at radius 3 is 2.32 bits per heavy atom. The van der Waals surface area contributed by atoms with Crippen molar-refractivity contribution in [1.82, 2.24) is 10.6 Å². The molecule has 19 heavy (non-hydrogen) atoms. The second kappa shape index (κ2) is 9.47. The summed E-state index contributed by atoms with van der Waals surface area (Å²) in [7, 11) is 0. The normalized spacial score (nSPS) is 12.1. The summed E-state index contributed by atoms with van der Waals surface area (Å²) >= 11 is 0. The van der Waals surface area contributed by atoms with Crippen molar-refractivity contribution in [2.45, 2.75) is 52.6 Å². The molecule has 0 spiro atoms. The van der Waals surface area contributed by atoms with Crippen molar-refractivity contribution < 1.29 is 9.53 Å². The number of guanidine groups is 1. The number of hydrogen-bond donors (Lipinski definition) is 3. The number of ether oxygens (including phenoxy) is 1. The molecular weight excluding hydrogens is 244 g/mol. The van der Waals surface area contributed by atoms with Gasteiger partial charge in [-0.15, -0.1) is 0 Å². The molecule has 4 N–H and O–H groups in total. The molecule has 0 bridgehead atoms. The Kier molecular flexibility index (Phi) is 8.74. The van der Waals surface area contributed by atoms with Crippen LogP contribution < -0.4 is 16.4 Å². The van der Waals surface area contributed by atoms with Crippen molar-refractivity contribution in [2.75, 3.05) is 19.6 Å². The molecule has 1 amide bonds. The summed E-state index contributed by atoms with van der Waals surface area (Å²) in [4.78, 5) is 15.5. The van der Waals surface area contributed by atoms with E-state index in [-0.39, 0.29) is 6.09 Å².